The molecule has 1 saturated carbocycles. The highest BCUT2D eigenvalue weighted by Crippen LogP contribution is 2.27. The van der Waals surface area contributed by atoms with Gasteiger partial charge in [0.05, 0.1) is 11.3 Å². The van der Waals surface area contributed by atoms with Crippen molar-refractivity contribution >= 4 is 39.9 Å². The van der Waals surface area contributed by atoms with Gasteiger partial charge in [-0.15, -0.1) is 0 Å². The Morgan fingerprint density at radius 2 is 1.82 bits per heavy atom. The molecule has 1 saturated heterocycles. The molecule has 10 heteroatoms. The van der Waals surface area contributed by atoms with Crippen LogP contribution in [0.5, 0.6) is 0 Å². The Bertz CT molecular complexity index is 973. The molecule has 1 unspecified atom stereocenters. The molecule has 1 aliphatic carbocycles. The van der Waals surface area contributed by atoms with Crippen LogP contribution in [-0.2, 0) is 11.1 Å². The third-order valence-corrected chi connectivity index (χ3v) is 6.89. The van der Waals surface area contributed by atoms with Crippen LogP contribution in [0.2, 0.25) is 0 Å². The van der Waals surface area contributed by atoms with Crippen LogP contribution >= 0.6 is 0 Å². The average Bonchev–Trinajstić information content (AvgIpc) is 2.80. The first kappa shape index (κ1) is 23.5. The maximum atomic E-state index is 11.9. The molecule has 5 N–H and O–H groups in total. The normalized spacial score (nSPS) is 18.6. The number of aromatic nitrogens is 1. The number of nitrogens with zero attached hydrogens (tertiary/aromatic N) is 3. The van der Waals surface area contributed by atoms with Gasteiger partial charge < -0.3 is 25.8 Å². The maximum absolute atomic E-state index is 11.9. The summed E-state index contributed by atoms with van der Waals surface area (Å²) in [6.45, 7) is 3.16. The highest BCUT2D eigenvalue weighted by Gasteiger charge is 2.19. The molecule has 0 radical (unpaired) electrons. The lowest BCUT2D eigenvalue weighted by atomic mass is 9.95. The first-order valence-electron chi connectivity index (χ1n) is 11.5. The molecule has 1 atom stereocenters. The molecule has 1 amide bonds. The van der Waals surface area contributed by atoms with Crippen molar-refractivity contribution in [3.63, 3.8) is 0 Å². The van der Waals surface area contributed by atoms with E-state index >= 15 is 0 Å². The second-order valence-electron chi connectivity index (χ2n) is 8.69. The number of nitrogens with two attached hydrogens (primary N) is 1. The summed E-state index contributed by atoms with van der Waals surface area (Å²) in [5, 5.41) is 6.81. The van der Waals surface area contributed by atoms with Gasteiger partial charge in [-0.3, -0.25) is 9.69 Å². The minimum Gasteiger partial charge on any atom is -0.382 e. The summed E-state index contributed by atoms with van der Waals surface area (Å²) in [4.78, 5) is 20.5. The molecule has 2 aliphatic rings. The van der Waals surface area contributed by atoms with Crippen LogP contribution in [0.4, 0.5) is 22.9 Å². The molecule has 178 valence electrons. The highest BCUT2D eigenvalue weighted by atomic mass is 32.2. The SMILES string of the molecule is NC(=O)c1cnc(Nc2ccc(N3CCN(CS(=O)O)CC3)cc2)cc1NC1CCCCC1. The van der Waals surface area contributed by atoms with Gasteiger partial charge in [-0.05, 0) is 37.1 Å². The average molecular weight is 473 g/mol. The van der Waals surface area contributed by atoms with Crippen LogP contribution in [0.1, 0.15) is 42.5 Å². The Balaban J connectivity index is 1.40. The Hall–Kier alpha value is -2.69. The van der Waals surface area contributed by atoms with Gasteiger partial charge in [0.25, 0.3) is 5.91 Å². The Kier molecular flexibility index (Phi) is 7.79. The van der Waals surface area contributed by atoms with Crippen LogP contribution in [-0.4, -0.2) is 62.7 Å². The number of benzene rings is 1. The van der Waals surface area contributed by atoms with E-state index in [1.54, 1.807) is 0 Å². The van der Waals surface area contributed by atoms with E-state index in [2.05, 4.69) is 32.7 Å². The molecule has 0 bridgehead atoms. The number of pyridine rings is 1. The first-order valence-corrected chi connectivity index (χ1v) is 12.7. The summed E-state index contributed by atoms with van der Waals surface area (Å²) in [6, 6.07) is 10.3. The van der Waals surface area contributed by atoms with E-state index < -0.39 is 17.0 Å². The molecule has 2 heterocycles. The van der Waals surface area contributed by atoms with Crippen molar-refractivity contribution < 1.29 is 13.6 Å². The molecule has 1 aromatic carbocycles. The molecule has 33 heavy (non-hydrogen) atoms. The minimum absolute atomic E-state index is 0.204. The van der Waals surface area contributed by atoms with Gasteiger partial charge in [0.1, 0.15) is 11.7 Å². The summed E-state index contributed by atoms with van der Waals surface area (Å²) in [5.41, 5.74) is 8.71. The van der Waals surface area contributed by atoms with Crippen molar-refractivity contribution in [3.8, 4) is 0 Å². The van der Waals surface area contributed by atoms with Crippen molar-refractivity contribution in [1.29, 1.82) is 0 Å². The Morgan fingerprint density at radius 1 is 1.12 bits per heavy atom. The van der Waals surface area contributed by atoms with E-state index in [4.69, 9.17) is 10.3 Å². The number of anilines is 4. The monoisotopic (exact) mass is 472 g/mol. The number of piperazine rings is 1. The molecular weight excluding hydrogens is 440 g/mol. The molecule has 4 rings (SSSR count). The third-order valence-electron chi connectivity index (χ3n) is 6.30. The topological polar surface area (TPSA) is 124 Å². The lowest BCUT2D eigenvalue weighted by Gasteiger charge is -2.35. The lowest BCUT2D eigenvalue weighted by Crippen LogP contribution is -2.47. The lowest BCUT2D eigenvalue weighted by molar-refractivity contribution is 0.100. The van der Waals surface area contributed by atoms with Crippen molar-refractivity contribution in [1.82, 2.24) is 9.88 Å². The van der Waals surface area contributed by atoms with Crippen LogP contribution in [0.25, 0.3) is 0 Å². The van der Waals surface area contributed by atoms with Gasteiger partial charge in [0, 0.05) is 55.9 Å². The van der Waals surface area contributed by atoms with E-state index in [9.17, 15) is 9.00 Å². The number of rotatable bonds is 8. The Labute approximate surface area is 197 Å². The second kappa shape index (κ2) is 11.0. The first-order chi connectivity index (χ1) is 16.0. The molecule has 9 nitrogen and oxygen atoms in total. The van der Waals surface area contributed by atoms with E-state index in [-0.39, 0.29) is 5.88 Å². The minimum atomic E-state index is -1.79. The van der Waals surface area contributed by atoms with Crippen LogP contribution in [0.15, 0.2) is 36.5 Å². The number of hydrogen-bond acceptors (Lipinski definition) is 7. The zero-order chi connectivity index (χ0) is 23.2. The van der Waals surface area contributed by atoms with E-state index in [1.807, 2.05) is 23.1 Å². The zero-order valence-corrected chi connectivity index (χ0v) is 19.5. The number of amides is 1. The zero-order valence-electron chi connectivity index (χ0n) is 18.7. The quantitative estimate of drug-likeness (QED) is 0.432. The van der Waals surface area contributed by atoms with Crippen LogP contribution < -0.4 is 21.3 Å². The smallest absolute Gasteiger partial charge is 0.252 e. The van der Waals surface area contributed by atoms with Crippen molar-refractivity contribution in [2.45, 2.75) is 38.1 Å². The molecule has 1 aliphatic heterocycles. The summed E-state index contributed by atoms with van der Waals surface area (Å²) in [7, 11) is 0. The summed E-state index contributed by atoms with van der Waals surface area (Å²) in [6.07, 6.45) is 7.38. The van der Waals surface area contributed by atoms with Crippen molar-refractivity contribution in [3.05, 3.63) is 42.1 Å². The van der Waals surface area contributed by atoms with Crippen LogP contribution in [0.3, 0.4) is 0 Å². The van der Waals surface area contributed by atoms with Crippen molar-refractivity contribution in [2.24, 2.45) is 5.73 Å². The molecular formula is C23H32N6O3S. The fraction of sp³-hybridized carbons (Fsp3) is 0.478. The third kappa shape index (κ3) is 6.43. The van der Waals surface area contributed by atoms with Gasteiger partial charge in [0.15, 0.2) is 11.1 Å². The molecule has 2 fully saturated rings. The fourth-order valence-electron chi connectivity index (χ4n) is 4.50. The largest absolute Gasteiger partial charge is 0.382 e. The molecule has 1 aromatic heterocycles. The molecule has 0 spiro atoms. The Morgan fingerprint density at radius 3 is 2.45 bits per heavy atom. The number of primary amides is 1. The van der Waals surface area contributed by atoms with Gasteiger partial charge in [0.2, 0.25) is 0 Å². The summed E-state index contributed by atoms with van der Waals surface area (Å²) >= 11 is -1.79. The van der Waals surface area contributed by atoms with Crippen LogP contribution in [0, 0.1) is 0 Å². The fourth-order valence-corrected chi connectivity index (χ4v) is 5.07. The summed E-state index contributed by atoms with van der Waals surface area (Å²) < 4.78 is 20.1. The maximum Gasteiger partial charge on any atom is 0.252 e. The second-order valence-corrected chi connectivity index (χ2v) is 9.59. The van der Waals surface area contributed by atoms with Crippen molar-refractivity contribution in [2.75, 3.05) is 47.6 Å². The molecule has 2 aromatic rings. The number of carbonyl (C=O) groups is 1. The van der Waals surface area contributed by atoms with Gasteiger partial charge in [-0.1, -0.05) is 19.3 Å². The summed E-state index contributed by atoms with van der Waals surface area (Å²) in [5.74, 6) is 0.370. The number of carbonyl (C=O) groups excluding carboxylic acids is 1. The highest BCUT2D eigenvalue weighted by molar-refractivity contribution is 7.79. The number of hydrogen-bond donors (Lipinski definition) is 4. The predicted octanol–water partition coefficient (Wildman–Crippen LogP) is 2.97. The van der Waals surface area contributed by atoms with E-state index in [0.717, 1.165) is 56.1 Å². The van der Waals surface area contributed by atoms with E-state index in [0.29, 0.717) is 17.4 Å². The predicted molar refractivity (Wildman–Crippen MR) is 132 cm³/mol. The standard InChI is InChI=1S/C23H32N6O3S/c24-23(30)20-15-25-22(14-21(20)26-17-4-2-1-3-5-17)27-18-6-8-19(9-7-18)29-12-10-28(11-13-29)16-33(31)32/h6-9,14-15,17H,1-5,10-13,16H2,(H2,24,30)(H,31,32)(H2,25,26,27). The number of nitrogens with one attached hydrogen (secondary N) is 2. The van der Waals surface area contributed by atoms with E-state index in [1.165, 1.54) is 25.5 Å². The van der Waals surface area contributed by atoms with Gasteiger partial charge in [-0.25, -0.2) is 9.19 Å². The van der Waals surface area contributed by atoms with Gasteiger partial charge >= 0.3 is 0 Å². The van der Waals surface area contributed by atoms with Gasteiger partial charge in [-0.2, -0.15) is 0 Å².